The van der Waals surface area contributed by atoms with Crippen LogP contribution in [0.15, 0.2) is 50.5 Å². The van der Waals surface area contributed by atoms with Crippen LogP contribution in [0.25, 0.3) is 0 Å². The summed E-state index contributed by atoms with van der Waals surface area (Å²) in [7, 11) is 0. The number of thioether (sulfide) groups is 1. The zero-order chi connectivity index (χ0) is 15.5. The molecule has 1 aromatic carbocycles. The van der Waals surface area contributed by atoms with Crippen LogP contribution in [0.2, 0.25) is 5.02 Å². The van der Waals surface area contributed by atoms with Crippen molar-refractivity contribution in [2.24, 2.45) is 4.99 Å². The fourth-order valence-electron chi connectivity index (χ4n) is 2.08. The maximum absolute atomic E-state index is 12.4. The van der Waals surface area contributed by atoms with Crippen LogP contribution in [0.3, 0.4) is 0 Å². The van der Waals surface area contributed by atoms with Gasteiger partial charge in [0.2, 0.25) is 0 Å². The lowest BCUT2D eigenvalue weighted by atomic mass is 10.2. The number of hydrogen-bond donors (Lipinski definition) is 0. The summed E-state index contributed by atoms with van der Waals surface area (Å²) in [5, 5.41) is 1.43. The van der Waals surface area contributed by atoms with E-state index in [2.05, 4.69) is 20.9 Å². The Balaban J connectivity index is 1.67. The summed E-state index contributed by atoms with van der Waals surface area (Å²) in [5.41, 5.74) is 1.10. The van der Waals surface area contributed by atoms with Crippen molar-refractivity contribution in [3.8, 4) is 0 Å². The van der Waals surface area contributed by atoms with E-state index >= 15 is 0 Å². The van der Waals surface area contributed by atoms with Crippen molar-refractivity contribution >= 4 is 50.4 Å². The molecule has 0 N–H and O–H groups in total. The van der Waals surface area contributed by atoms with Crippen LogP contribution >= 0.6 is 39.3 Å². The summed E-state index contributed by atoms with van der Waals surface area (Å²) >= 11 is 10.7. The minimum Gasteiger partial charge on any atom is -0.444 e. The monoisotopic (exact) mass is 398 g/mol. The molecule has 0 unspecified atom stereocenters. The van der Waals surface area contributed by atoms with E-state index in [1.165, 1.54) is 11.8 Å². The highest BCUT2D eigenvalue weighted by molar-refractivity contribution is 9.10. The standard InChI is InChI=1S/C15H12BrClN2O2S/c16-13-5-4-12(21-13)14(20)19-7-6-18-15(19)22-9-10-2-1-3-11(17)8-10/h1-5,8H,6-7,9H2. The third-order valence-electron chi connectivity index (χ3n) is 3.09. The van der Waals surface area contributed by atoms with E-state index in [-0.39, 0.29) is 5.91 Å². The third-order valence-corrected chi connectivity index (χ3v) is 4.83. The van der Waals surface area contributed by atoms with Crippen molar-refractivity contribution in [3.05, 3.63) is 57.4 Å². The Morgan fingerprint density at radius 3 is 3.00 bits per heavy atom. The molecule has 0 saturated heterocycles. The molecule has 0 aliphatic carbocycles. The molecule has 1 amide bonds. The Hall–Kier alpha value is -1.24. The highest BCUT2D eigenvalue weighted by Gasteiger charge is 2.27. The Morgan fingerprint density at radius 1 is 1.41 bits per heavy atom. The quantitative estimate of drug-likeness (QED) is 0.766. The molecule has 0 atom stereocenters. The zero-order valence-corrected chi connectivity index (χ0v) is 14.6. The van der Waals surface area contributed by atoms with Gasteiger partial charge >= 0.3 is 0 Å². The normalized spacial score (nSPS) is 14.3. The van der Waals surface area contributed by atoms with Gasteiger partial charge in [0.05, 0.1) is 6.54 Å². The molecule has 7 heteroatoms. The SMILES string of the molecule is O=C(c1ccc(Br)o1)N1CCN=C1SCc1cccc(Cl)c1. The number of rotatable bonds is 3. The number of aliphatic imine (C=N–C) groups is 1. The number of halogens is 2. The lowest BCUT2D eigenvalue weighted by Crippen LogP contribution is -2.32. The van der Waals surface area contributed by atoms with Crippen LogP contribution in [-0.4, -0.2) is 29.1 Å². The summed E-state index contributed by atoms with van der Waals surface area (Å²) in [6, 6.07) is 11.0. The van der Waals surface area contributed by atoms with E-state index in [4.69, 9.17) is 16.0 Å². The summed E-state index contributed by atoms with van der Waals surface area (Å²) in [6.07, 6.45) is 0. The Bertz CT molecular complexity index is 732. The second-order valence-electron chi connectivity index (χ2n) is 4.64. The second-order valence-corrected chi connectivity index (χ2v) is 6.80. The van der Waals surface area contributed by atoms with E-state index in [1.54, 1.807) is 17.0 Å². The molecule has 0 spiro atoms. The maximum atomic E-state index is 12.4. The molecule has 0 bridgehead atoms. The minimum absolute atomic E-state index is 0.166. The number of carbonyl (C=O) groups excluding carboxylic acids is 1. The predicted molar refractivity (Wildman–Crippen MR) is 92.5 cm³/mol. The van der Waals surface area contributed by atoms with Gasteiger partial charge in [0, 0.05) is 17.3 Å². The first-order valence-electron chi connectivity index (χ1n) is 6.62. The molecule has 114 valence electrons. The minimum atomic E-state index is -0.166. The lowest BCUT2D eigenvalue weighted by molar-refractivity contribution is 0.0829. The molecular formula is C15H12BrClN2O2S. The first-order chi connectivity index (χ1) is 10.6. The number of furan rings is 1. The molecule has 2 heterocycles. The van der Waals surface area contributed by atoms with Crippen molar-refractivity contribution in [1.82, 2.24) is 4.90 Å². The average Bonchev–Trinajstić information content (AvgIpc) is 3.13. The highest BCUT2D eigenvalue weighted by Crippen LogP contribution is 2.24. The Morgan fingerprint density at radius 2 is 2.27 bits per heavy atom. The summed E-state index contributed by atoms with van der Waals surface area (Å²) in [4.78, 5) is 18.5. The molecule has 0 radical (unpaired) electrons. The van der Waals surface area contributed by atoms with Gasteiger partial charge in [-0.25, -0.2) is 0 Å². The molecule has 1 aliphatic heterocycles. The van der Waals surface area contributed by atoms with Gasteiger partial charge < -0.3 is 4.42 Å². The summed E-state index contributed by atoms with van der Waals surface area (Å²) in [6.45, 7) is 1.19. The fraction of sp³-hybridized carbons (Fsp3) is 0.200. The fourth-order valence-corrected chi connectivity index (χ4v) is 3.58. The van der Waals surface area contributed by atoms with Crippen molar-refractivity contribution < 1.29 is 9.21 Å². The number of carbonyl (C=O) groups is 1. The molecule has 22 heavy (non-hydrogen) atoms. The molecule has 1 aromatic heterocycles. The van der Waals surface area contributed by atoms with E-state index < -0.39 is 0 Å². The lowest BCUT2D eigenvalue weighted by Gasteiger charge is -2.16. The molecule has 0 fully saturated rings. The van der Waals surface area contributed by atoms with Crippen molar-refractivity contribution in [2.45, 2.75) is 5.75 Å². The van der Waals surface area contributed by atoms with Crippen molar-refractivity contribution in [3.63, 3.8) is 0 Å². The number of amides is 1. The van der Waals surface area contributed by atoms with E-state index in [1.807, 2.05) is 24.3 Å². The van der Waals surface area contributed by atoms with Crippen molar-refractivity contribution in [1.29, 1.82) is 0 Å². The molecule has 3 rings (SSSR count). The van der Waals surface area contributed by atoms with Crippen LogP contribution in [0.5, 0.6) is 0 Å². The van der Waals surface area contributed by atoms with Gasteiger partial charge in [-0.15, -0.1) is 0 Å². The second kappa shape index (κ2) is 6.89. The van der Waals surface area contributed by atoms with Crippen LogP contribution < -0.4 is 0 Å². The van der Waals surface area contributed by atoms with Gasteiger partial charge in [-0.2, -0.15) is 0 Å². The van der Waals surface area contributed by atoms with E-state index in [0.717, 1.165) is 10.7 Å². The Labute approximate surface area is 145 Å². The van der Waals surface area contributed by atoms with E-state index in [9.17, 15) is 4.79 Å². The summed E-state index contributed by atoms with van der Waals surface area (Å²) in [5.74, 6) is 0.857. The first-order valence-corrected chi connectivity index (χ1v) is 8.78. The maximum Gasteiger partial charge on any atom is 0.295 e. The predicted octanol–water partition coefficient (Wildman–Crippen LogP) is 4.44. The first kappa shape index (κ1) is 15.6. The van der Waals surface area contributed by atoms with Gasteiger partial charge in [0.15, 0.2) is 15.6 Å². The van der Waals surface area contributed by atoms with Crippen LogP contribution in [0.1, 0.15) is 16.1 Å². The largest absolute Gasteiger partial charge is 0.444 e. The molecule has 4 nitrogen and oxygen atoms in total. The van der Waals surface area contributed by atoms with E-state index in [0.29, 0.717) is 34.3 Å². The number of amidine groups is 1. The van der Waals surface area contributed by atoms with Gasteiger partial charge in [0.1, 0.15) is 0 Å². The number of hydrogen-bond acceptors (Lipinski definition) is 4. The molecule has 2 aromatic rings. The topological polar surface area (TPSA) is 45.8 Å². The number of benzene rings is 1. The van der Waals surface area contributed by atoms with Crippen LogP contribution in [0, 0.1) is 0 Å². The van der Waals surface area contributed by atoms with Crippen LogP contribution in [0.4, 0.5) is 0 Å². The summed E-state index contributed by atoms with van der Waals surface area (Å²) < 4.78 is 5.87. The van der Waals surface area contributed by atoms with Crippen molar-refractivity contribution in [2.75, 3.05) is 13.1 Å². The van der Waals surface area contributed by atoms with Gasteiger partial charge in [0.25, 0.3) is 5.91 Å². The highest BCUT2D eigenvalue weighted by atomic mass is 79.9. The van der Waals surface area contributed by atoms with Gasteiger partial charge in [-0.1, -0.05) is 35.5 Å². The average molecular weight is 400 g/mol. The van der Waals surface area contributed by atoms with Gasteiger partial charge in [-0.05, 0) is 45.8 Å². The molecular weight excluding hydrogens is 388 g/mol. The molecule has 0 saturated carbocycles. The molecule has 1 aliphatic rings. The Kier molecular flexibility index (Phi) is 4.90. The smallest absolute Gasteiger partial charge is 0.295 e. The van der Waals surface area contributed by atoms with Crippen LogP contribution in [-0.2, 0) is 5.75 Å². The third kappa shape index (κ3) is 3.56. The van der Waals surface area contributed by atoms with Gasteiger partial charge in [-0.3, -0.25) is 14.7 Å². The zero-order valence-electron chi connectivity index (χ0n) is 11.5. The number of nitrogens with zero attached hydrogens (tertiary/aromatic N) is 2.